The van der Waals surface area contributed by atoms with Gasteiger partial charge in [0.1, 0.15) is 9.88 Å². The summed E-state index contributed by atoms with van der Waals surface area (Å²) >= 11 is 2.86. The van der Waals surface area contributed by atoms with E-state index in [2.05, 4.69) is 9.97 Å². The molecule has 2 rings (SSSR count). The van der Waals surface area contributed by atoms with Crippen LogP contribution >= 0.6 is 22.7 Å². The van der Waals surface area contributed by atoms with Crippen LogP contribution < -0.4 is 0 Å². The van der Waals surface area contributed by atoms with E-state index in [1.54, 1.807) is 11.3 Å². The van der Waals surface area contributed by atoms with Crippen LogP contribution in [0.25, 0.3) is 0 Å². The number of carboxylic acids is 1. The fourth-order valence-corrected chi connectivity index (χ4v) is 3.48. The zero-order chi connectivity index (χ0) is 13.1. The van der Waals surface area contributed by atoms with Crippen molar-refractivity contribution in [3.63, 3.8) is 0 Å². The summed E-state index contributed by atoms with van der Waals surface area (Å²) in [4.78, 5) is 20.3. The number of hydrogen-bond acceptors (Lipinski definition) is 5. The molecule has 6 heteroatoms. The molecular weight excluding hydrogens is 268 g/mol. The number of aryl methyl sites for hydroxylation is 2. The topological polar surface area (TPSA) is 63.1 Å². The standard InChI is InChI=1S/C12H14N2O2S2/c1-3-4-8-11(12(15)16)18-10(14-8)5-9-13-7(2)6-17-9/h6H,3-5H2,1-2H3,(H,15,16). The minimum Gasteiger partial charge on any atom is -0.477 e. The molecule has 0 aliphatic rings. The second-order valence-electron chi connectivity index (χ2n) is 4.00. The summed E-state index contributed by atoms with van der Waals surface area (Å²) in [6.07, 6.45) is 2.25. The lowest BCUT2D eigenvalue weighted by Gasteiger charge is -1.93. The summed E-state index contributed by atoms with van der Waals surface area (Å²) in [6.45, 7) is 3.97. The SMILES string of the molecule is CCCc1nc(Cc2nc(C)cs2)sc1C(=O)O. The van der Waals surface area contributed by atoms with Crippen LogP contribution in [-0.4, -0.2) is 21.0 Å². The van der Waals surface area contributed by atoms with Crippen molar-refractivity contribution in [2.75, 3.05) is 0 Å². The van der Waals surface area contributed by atoms with E-state index in [0.29, 0.717) is 17.0 Å². The van der Waals surface area contributed by atoms with Crippen LogP contribution in [0.2, 0.25) is 0 Å². The molecule has 2 heterocycles. The van der Waals surface area contributed by atoms with Crippen molar-refractivity contribution >= 4 is 28.6 Å². The van der Waals surface area contributed by atoms with E-state index in [9.17, 15) is 4.79 Å². The molecule has 0 saturated carbocycles. The van der Waals surface area contributed by atoms with Crippen LogP contribution in [0.1, 0.15) is 44.4 Å². The number of hydrogen-bond donors (Lipinski definition) is 1. The zero-order valence-electron chi connectivity index (χ0n) is 10.3. The Morgan fingerprint density at radius 1 is 1.39 bits per heavy atom. The molecule has 0 aliphatic heterocycles. The molecule has 96 valence electrons. The van der Waals surface area contributed by atoms with Gasteiger partial charge in [-0.2, -0.15) is 0 Å². The van der Waals surface area contributed by atoms with Gasteiger partial charge < -0.3 is 5.11 Å². The summed E-state index contributed by atoms with van der Waals surface area (Å²) in [6, 6.07) is 0. The Balaban J connectivity index is 2.23. The molecule has 0 amide bonds. The molecule has 0 radical (unpaired) electrons. The molecular formula is C12H14N2O2S2. The highest BCUT2D eigenvalue weighted by Crippen LogP contribution is 2.23. The fourth-order valence-electron chi connectivity index (χ4n) is 1.66. The third-order valence-corrected chi connectivity index (χ3v) is 4.44. The predicted molar refractivity (Wildman–Crippen MR) is 72.7 cm³/mol. The Morgan fingerprint density at radius 2 is 2.17 bits per heavy atom. The number of rotatable bonds is 5. The lowest BCUT2D eigenvalue weighted by Crippen LogP contribution is -1.98. The average Bonchev–Trinajstić information content (AvgIpc) is 2.87. The van der Waals surface area contributed by atoms with Crippen LogP contribution in [-0.2, 0) is 12.8 Å². The number of nitrogens with zero attached hydrogens (tertiary/aromatic N) is 2. The molecule has 1 N–H and O–H groups in total. The Labute approximate surface area is 113 Å². The quantitative estimate of drug-likeness (QED) is 0.915. The van der Waals surface area contributed by atoms with Gasteiger partial charge in [-0.3, -0.25) is 0 Å². The van der Waals surface area contributed by atoms with Gasteiger partial charge in [0.15, 0.2) is 0 Å². The molecule has 0 unspecified atom stereocenters. The second kappa shape index (κ2) is 5.58. The van der Waals surface area contributed by atoms with Gasteiger partial charge in [-0.1, -0.05) is 13.3 Å². The first-order chi connectivity index (χ1) is 8.60. The van der Waals surface area contributed by atoms with E-state index in [1.165, 1.54) is 11.3 Å². The predicted octanol–water partition coefficient (Wildman–Crippen LogP) is 3.15. The van der Waals surface area contributed by atoms with Crippen molar-refractivity contribution in [2.45, 2.75) is 33.1 Å². The molecule has 0 aliphatic carbocycles. The van der Waals surface area contributed by atoms with Crippen molar-refractivity contribution in [1.82, 2.24) is 9.97 Å². The zero-order valence-corrected chi connectivity index (χ0v) is 11.9. The van der Waals surface area contributed by atoms with Gasteiger partial charge in [0.25, 0.3) is 0 Å². The molecule has 0 bridgehead atoms. The van der Waals surface area contributed by atoms with Crippen LogP contribution in [0, 0.1) is 6.92 Å². The van der Waals surface area contributed by atoms with Crippen molar-refractivity contribution in [1.29, 1.82) is 0 Å². The number of thiazole rings is 2. The van der Waals surface area contributed by atoms with E-state index < -0.39 is 5.97 Å². The van der Waals surface area contributed by atoms with Crippen molar-refractivity contribution in [3.8, 4) is 0 Å². The van der Waals surface area contributed by atoms with Gasteiger partial charge in [-0.25, -0.2) is 14.8 Å². The normalized spacial score (nSPS) is 10.8. The minimum absolute atomic E-state index is 0.375. The first kappa shape index (κ1) is 13.2. The molecule has 2 aromatic rings. The summed E-state index contributed by atoms with van der Waals surface area (Å²) in [5.74, 6) is -0.877. The van der Waals surface area contributed by atoms with Gasteiger partial charge in [0.2, 0.25) is 0 Å². The molecule has 0 spiro atoms. The third kappa shape index (κ3) is 2.94. The monoisotopic (exact) mass is 282 g/mol. The number of carbonyl (C=O) groups is 1. The summed E-state index contributed by atoms with van der Waals surface area (Å²) in [5, 5.41) is 13.0. The molecule has 0 saturated heterocycles. The highest BCUT2D eigenvalue weighted by molar-refractivity contribution is 7.14. The largest absolute Gasteiger partial charge is 0.477 e. The van der Waals surface area contributed by atoms with Crippen molar-refractivity contribution in [3.05, 3.63) is 31.7 Å². The molecule has 0 atom stereocenters. The maximum absolute atomic E-state index is 11.1. The third-order valence-electron chi connectivity index (χ3n) is 2.39. The van der Waals surface area contributed by atoms with E-state index >= 15 is 0 Å². The first-order valence-corrected chi connectivity index (χ1v) is 7.42. The van der Waals surface area contributed by atoms with E-state index in [4.69, 9.17) is 5.11 Å². The summed E-state index contributed by atoms with van der Waals surface area (Å²) < 4.78 is 0. The number of aromatic carboxylic acids is 1. The molecule has 2 aromatic heterocycles. The molecule has 0 aromatic carbocycles. The molecule has 4 nitrogen and oxygen atoms in total. The lowest BCUT2D eigenvalue weighted by molar-refractivity contribution is 0.0700. The highest BCUT2D eigenvalue weighted by Gasteiger charge is 2.17. The summed E-state index contributed by atoms with van der Waals surface area (Å²) in [5.41, 5.74) is 1.71. The van der Waals surface area contributed by atoms with Crippen LogP contribution in [0.5, 0.6) is 0 Å². The fraction of sp³-hybridized carbons (Fsp3) is 0.417. The average molecular weight is 282 g/mol. The van der Waals surface area contributed by atoms with E-state index in [-0.39, 0.29) is 0 Å². The van der Waals surface area contributed by atoms with Gasteiger partial charge in [0.05, 0.1) is 17.1 Å². The van der Waals surface area contributed by atoms with Gasteiger partial charge >= 0.3 is 5.97 Å². The van der Waals surface area contributed by atoms with E-state index in [0.717, 1.165) is 28.6 Å². The van der Waals surface area contributed by atoms with E-state index in [1.807, 2.05) is 19.2 Å². The number of carboxylic acid groups (broad SMARTS) is 1. The lowest BCUT2D eigenvalue weighted by atomic mass is 10.2. The Morgan fingerprint density at radius 3 is 2.72 bits per heavy atom. The first-order valence-electron chi connectivity index (χ1n) is 5.73. The van der Waals surface area contributed by atoms with Crippen molar-refractivity contribution < 1.29 is 9.90 Å². The molecule has 0 fully saturated rings. The van der Waals surface area contributed by atoms with Gasteiger partial charge in [0, 0.05) is 11.1 Å². The maximum Gasteiger partial charge on any atom is 0.347 e. The van der Waals surface area contributed by atoms with Crippen LogP contribution in [0.4, 0.5) is 0 Å². The van der Waals surface area contributed by atoms with Gasteiger partial charge in [-0.05, 0) is 13.3 Å². The van der Waals surface area contributed by atoms with Crippen LogP contribution in [0.3, 0.4) is 0 Å². The Kier molecular flexibility index (Phi) is 4.08. The summed E-state index contributed by atoms with van der Waals surface area (Å²) in [7, 11) is 0. The Hall–Kier alpha value is -1.27. The molecule has 18 heavy (non-hydrogen) atoms. The minimum atomic E-state index is -0.877. The van der Waals surface area contributed by atoms with Crippen LogP contribution in [0.15, 0.2) is 5.38 Å². The maximum atomic E-state index is 11.1. The number of aromatic nitrogens is 2. The highest BCUT2D eigenvalue weighted by atomic mass is 32.1. The van der Waals surface area contributed by atoms with Crippen molar-refractivity contribution in [2.24, 2.45) is 0 Å². The Bertz CT molecular complexity index is 560. The second-order valence-corrected chi connectivity index (χ2v) is 6.02. The smallest absolute Gasteiger partial charge is 0.347 e. The van der Waals surface area contributed by atoms with Gasteiger partial charge in [-0.15, -0.1) is 22.7 Å².